The van der Waals surface area contributed by atoms with Crippen LogP contribution in [0.4, 0.5) is 0 Å². The van der Waals surface area contributed by atoms with Gasteiger partial charge in [-0.2, -0.15) is 0 Å². The van der Waals surface area contributed by atoms with E-state index in [2.05, 4.69) is 34.6 Å². The van der Waals surface area contributed by atoms with Crippen molar-refractivity contribution in [3.63, 3.8) is 0 Å². The topological polar surface area (TPSA) is 0 Å². The Balaban J connectivity index is 2.48. The summed E-state index contributed by atoms with van der Waals surface area (Å²) in [5.41, 5.74) is 0.548. The lowest BCUT2D eigenvalue weighted by Gasteiger charge is -2.48. The van der Waals surface area contributed by atoms with Gasteiger partial charge in [0, 0.05) is 0 Å². The summed E-state index contributed by atoms with van der Waals surface area (Å²) in [6.45, 7) is 11.8. The molecule has 0 saturated heterocycles. The first-order chi connectivity index (χ1) is 4.43. The van der Waals surface area contributed by atoms with E-state index in [9.17, 15) is 0 Å². The fraction of sp³-hybridized carbons (Fsp3) is 1.00. The third-order valence-electron chi connectivity index (χ3n) is 3.27. The van der Waals surface area contributed by atoms with Crippen LogP contribution >= 0.6 is 0 Å². The third-order valence-corrected chi connectivity index (χ3v) is 3.27. The van der Waals surface area contributed by atoms with Crippen LogP contribution in [0.2, 0.25) is 0 Å². The Morgan fingerprint density at radius 3 is 1.70 bits per heavy atom. The molecule has 1 rings (SSSR count). The smallest absolute Gasteiger partial charge is 0.0334 e. The molecule has 1 saturated carbocycles. The van der Waals surface area contributed by atoms with E-state index >= 15 is 0 Å². The van der Waals surface area contributed by atoms with Crippen molar-refractivity contribution in [3.8, 4) is 0 Å². The summed E-state index contributed by atoms with van der Waals surface area (Å²) in [6, 6.07) is 0. The molecular weight excluding hydrogens is 120 g/mol. The zero-order chi connectivity index (χ0) is 7.94. The highest BCUT2D eigenvalue weighted by molar-refractivity contribution is 4.90. The van der Waals surface area contributed by atoms with Crippen LogP contribution in [0.15, 0.2) is 0 Å². The molecule has 60 valence electrons. The molecule has 3 unspecified atom stereocenters. The maximum absolute atomic E-state index is 2.39. The van der Waals surface area contributed by atoms with E-state index in [1.807, 2.05) is 0 Å². The molecule has 0 amide bonds. The van der Waals surface area contributed by atoms with Gasteiger partial charge in [0.15, 0.2) is 0 Å². The molecule has 1 fully saturated rings. The molecule has 0 nitrogen and oxygen atoms in total. The Bertz CT molecular complexity index is 118. The minimum absolute atomic E-state index is 0.548. The summed E-state index contributed by atoms with van der Waals surface area (Å²) in [4.78, 5) is 0. The second-order valence-corrected chi connectivity index (χ2v) is 5.04. The van der Waals surface area contributed by atoms with Crippen molar-refractivity contribution in [2.45, 2.75) is 41.0 Å². The maximum Gasteiger partial charge on any atom is -0.0334 e. The average molecular weight is 140 g/mol. The number of hydrogen-bond acceptors (Lipinski definition) is 0. The van der Waals surface area contributed by atoms with Crippen molar-refractivity contribution in [2.75, 3.05) is 0 Å². The van der Waals surface area contributed by atoms with Crippen molar-refractivity contribution in [1.82, 2.24) is 0 Å². The summed E-state index contributed by atoms with van der Waals surface area (Å²) in [5.74, 6) is 2.91. The summed E-state index contributed by atoms with van der Waals surface area (Å²) in [5, 5.41) is 0. The van der Waals surface area contributed by atoms with Gasteiger partial charge in [0.25, 0.3) is 0 Å². The van der Waals surface area contributed by atoms with Crippen molar-refractivity contribution in [1.29, 1.82) is 0 Å². The standard InChI is InChI=1S/C10H20/c1-7-6-9(8(7)2)10(3,4)5/h7-9H,6H2,1-5H3. The minimum Gasteiger partial charge on any atom is -0.0622 e. The Hall–Kier alpha value is 0. The number of rotatable bonds is 0. The molecule has 10 heavy (non-hydrogen) atoms. The van der Waals surface area contributed by atoms with Crippen molar-refractivity contribution in [2.24, 2.45) is 23.2 Å². The van der Waals surface area contributed by atoms with E-state index in [1.54, 1.807) is 0 Å². The molecule has 0 bridgehead atoms. The van der Waals surface area contributed by atoms with Crippen LogP contribution in [0.25, 0.3) is 0 Å². The molecule has 3 atom stereocenters. The first-order valence-electron chi connectivity index (χ1n) is 4.43. The third kappa shape index (κ3) is 1.21. The highest BCUT2D eigenvalue weighted by Crippen LogP contribution is 2.49. The van der Waals surface area contributed by atoms with E-state index < -0.39 is 0 Å². The Morgan fingerprint density at radius 2 is 1.60 bits per heavy atom. The Kier molecular flexibility index (Phi) is 1.82. The lowest BCUT2D eigenvalue weighted by atomic mass is 9.57. The van der Waals surface area contributed by atoms with Gasteiger partial charge in [-0.25, -0.2) is 0 Å². The monoisotopic (exact) mass is 140 g/mol. The first kappa shape index (κ1) is 8.10. The van der Waals surface area contributed by atoms with Crippen molar-refractivity contribution in [3.05, 3.63) is 0 Å². The largest absolute Gasteiger partial charge is 0.0622 e. The van der Waals surface area contributed by atoms with Gasteiger partial charge in [-0.3, -0.25) is 0 Å². The van der Waals surface area contributed by atoms with Gasteiger partial charge in [0.2, 0.25) is 0 Å². The van der Waals surface area contributed by atoms with Gasteiger partial charge in [-0.05, 0) is 29.6 Å². The fourth-order valence-electron chi connectivity index (χ4n) is 2.17. The van der Waals surface area contributed by atoms with E-state index in [1.165, 1.54) is 6.42 Å². The van der Waals surface area contributed by atoms with Gasteiger partial charge in [0.05, 0.1) is 0 Å². The molecule has 1 aliphatic rings. The van der Waals surface area contributed by atoms with Crippen molar-refractivity contribution >= 4 is 0 Å². The molecule has 0 aliphatic heterocycles. The van der Waals surface area contributed by atoms with Gasteiger partial charge in [-0.1, -0.05) is 34.6 Å². The summed E-state index contributed by atoms with van der Waals surface area (Å²) in [7, 11) is 0. The highest BCUT2D eigenvalue weighted by atomic mass is 14.5. The minimum atomic E-state index is 0.548. The van der Waals surface area contributed by atoms with E-state index in [0.717, 1.165) is 17.8 Å². The molecular formula is C10H20. The van der Waals surface area contributed by atoms with Gasteiger partial charge in [0.1, 0.15) is 0 Å². The molecule has 1 aliphatic carbocycles. The molecule has 0 aromatic carbocycles. The van der Waals surface area contributed by atoms with Gasteiger partial charge >= 0.3 is 0 Å². The maximum atomic E-state index is 2.39. The van der Waals surface area contributed by atoms with E-state index in [4.69, 9.17) is 0 Å². The lowest BCUT2D eigenvalue weighted by Crippen LogP contribution is -2.40. The quantitative estimate of drug-likeness (QED) is 0.484. The molecule has 0 radical (unpaired) electrons. The zero-order valence-corrected chi connectivity index (χ0v) is 7.94. The van der Waals surface area contributed by atoms with Crippen LogP contribution in [0, 0.1) is 23.2 Å². The SMILES string of the molecule is CC1CC(C(C)(C)C)C1C. The molecule has 0 spiro atoms. The molecule has 0 aromatic rings. The number of hydrogen-bond donors (Lipinski definition) is 0. The Morgan fingerprint density at radius 1 is 1.10 bits per heavy atom. The van der Waals surface area contributed by atoms with E-state index in [0.29, 0.717) is 5.41 Å². The summed E-state index contributed by atoms with van der Waals surface area (Å²) >= 11 is 0. The molecule has 0 heteroatoms. The van der Waals surface area contributed by atoms with Crippen LogP contribution < -0.4 is 0 Å². The van der Waals surface area contributed by atoms with Crippen LogP contribution in [-0.4, -0.2) is 0 Å². The molecule has 0 aromatic heterocycles. The zero-order valence-electron chi connectivity index (χ0n) is 7.94. The van der Waals surface area contributed by atoms with Crippen LogP contribution in [0.1, 0.15) is 41.0 Å². The van der Waals surface area contributed by atoms with E-state index in [-0.39, 0.29) is 0 Å². The summed E-state index contributed by atoms with van der Waals surface area (Å²) < 4.78 is 0. The van der Waals surface area contributed by atoms with Gasteiger partial charge < -0.3 is 0 Å². The van der Waals surface area contributed by atoms with Crippen LogP contribution in [-0.2, 0) is 0 Å². The fourth-order valence-corrected chi connectivity index (χ4v) is 2.17. The molecule has 0 N–H and O–H groups in total. The summed E-state index contributed by atoms with van der Waals surface area (Å²) in [6.07, 6.45) is 1.45. The lowest BCUT2D eigenvalue weighted by molar-refractivity contribution is 0.0103. The van der Waals surface area contributed by atoms with Crippen LogP contribution in [0.5, 0.6) is 0 Å². The highest BCUT2D eigenvalue weighted by Gasteiger charge is 2.41. The predicted octanol–water partition coefficient (Wildman–Crippen LogP) is 3.32. The second kappa shape index (κ2) is 2.25. The Labute approximate surface area is 65.0 Å². The average Bonchev–Trinajstić information content (AvgIpc) is 1.79. The second-order valence-electron chi connectivity index (χ2n) is 5.04. The first-order valence-corrected chi connectivity index (χ1v) is 4.43. The van der Waals surface area contributed by atoms with Crippen molar-refractivity contribution < 1.29 is 0 Å². The normalized spacial score (nSPS) is 41.1. The predicted molar refractivity (Wildman–Crippen MR) is 45.9 cm³/mol. The van der Waals surface area contributed by atoms with Crippen LogP contribution in [0.3, 0.4) is 0 Å². The molecule has 0 heterocycles. The van der Waals surface area contributed by atoms with Gasteiger partial charge in [-0.15, -0.1) is 0 Å².